The minimum atomic E-state index is -4.70. The van der Waals surface area contributed by atoms with Gasteiger partial charge in [-0.1, -0.05) is 41.9 Å². The minimum absolute atomic E-state index is 0.0725. The Kier molecular flexibility index (Phi) is 4.96. The van der Waals surface area contributed by atoms with Crippen LogP contribution in [0.1, 0.15) is 11.1 Å². The highest BCUT2D eigenvalue weighted by Crippen LogP contribution is 2.37. The highest BCUT2D eigenvalue weighted by Gasteiger charge is 2.34. The largest absolute Gasteiger partial charge is 0.416 e. The highest BCUT2D eigenvalue weighted by atomic mass is 35.5. The highest BCUT2D eigenvalue weighted by molar-refractivity contribution is 7.92. The fourth-order valence-electron chi connectivity index (χ4n) is 1.94. The van der Waals surface area contributed by atoms with Crippen LogP contribution in [0.2, 0.25) is 5.02 Å². The second-order valence-electron chi connectivity index (χ2n) is 5.08. The molecule has 0 amide bonds. The van der Waals surface area contributed by atoms with Crippen LogP contribution in [0.15, 0.2) is 53.9 Å². The molecule has 0 saturated heterocycles. The van der Waals surface area contributed by atoms with Gasteiger partial charge in [0.05, 0.1) is 16.2 Å². The van der Waals surface area contributed by atoms with Gasteiger partial charge in [0.25, 0.3) is 10.0 Å². The zero-order valence-electron chi connectivity index (χ0n) is 12.5. The van der Waals surface area contributed by atoms with Crippen LogP contribution in [-0.4, -0.2) is 14.6 Å². The third-order valence-corrected chi connectivity index (χ3v) is 4.84. The van der Waals surface area contributed by atoms with E-state index >= 15 is 0 Å². The lowest BCUT2D eigenvalue weighted by atomic mass is 10.1. The Morgan fingerprint density at radius 3 is 2.25 bits per heavy atom. The molecule has 0 aliphatic heterocycles. The van der Waals surface area contributed by atoms with E-state index in [9.17, 15) is 21.6 Å². The van der Waals surface area contributed by atoms with Crippen molar-refractivity contribution in [2.45, 2.75) is 18.0 Å². The van der Waals surface area contributed by atoms with Crippen LogP contribution in [0.5, 0.6) is 0 Å². The maximum absolute atomic E-state index is 12.9. The number of sulfonamides is 1. The van der Waals surface area contributed by atoms with Gasteiger partial charge in [-0.3, -0.25) is 4.72 Å². The van der Waals surface area contributed by atoms with Gasteiger partial charge in [-0.15, -0.1) is 0 Å². The molecule has 0 radical (unpaired) electrons. The summed E-state index contributed by atoms with van der Waals surface area (Å²) in [5, 5.41) is 0.0929. The summed E-state index contributed by atoms with van der Waals surface area (Å²) in [5.74, 6) is 0. The van der Waals surface area contributed by atoms with Gasteiger partial charge < -0.3 is 0 Å². The summed E-state index contributed by atoms with van der Waals surface area (Å²) < 4.78 is 65.6. The lowest BCUT2D eigenvalue weighted by Gasteiger charge is -2.16. The van der Waals surface area contributed by atoms with E-state index in [-0.39, 0.29) is 21.2 Å². The van der Waals surface area contributed by atoms with Crippen LogP contribution >= 0.6 is 11.6 Å². The molecular formula is C16H13ClF3NO2S. The predicted octanol–water partition coefficient (Wildman–Crippen LogP) is 5.02. The number of rotatable bonds is 4. The lowest BCUT2D eigenvalue weighted by Crippen LogP contribution is -2.16. The molecule has 0 fully saturated rings. The van der Waals surface area contributed by atoms with E-state index in [0.717, 1.165) is 17.7 Å². The molecule has 0 heterocycles. The monoisotopic (exact) mass is 375 g/mol. The number of allylic oxidation sites excluding steroid dienone is 1. The Morgan fingerprint density at radius 1 is 1.12 bits per heavy atom. The minimum Gasteiger partial charge on any atom is -0.279 e. The second-order valence-corrected chi connectivity index (χ2v) is 7.20. The topological polar surface area (TPSA) is 46.2 Å². The molecule has 1 N–H and O–H groups in total. The van der Waals surface area contributed by atoms with Gasteiger partial charge in [0.1, 0.15) is 0 Å². The first kappa shape index (κ1) is 18.4. The number of hydrogen-bond donors (Lipinski definition) is 1. The molecule has 2 aromatic rings. The zero-order valence-corrected chi connectivity index (χ0v) is 14.1. The lowest BCUT2D eigenvalue weighted by molar-refractivity contribution is -0.0686. The Morgan fingerprint density at radius 2 is 1.71 bits per heavy atom. The first-order chi connectivity index (χ1) is 11.0. The number of nitrogens with one attached hydrogen (secondary N) is 1. The van der Waals surface area contributed by atoms with Crippen molar-refractivity contribution in [2.24, 2.45) is 0 Å². The molecule has 0 atom stereocenters. The molecule has 2 aromatic carbocycles. The quantitative estimate of drug-likeness (QED) is 0.815. The van der Waals surface area contributed by atoms with Gasteiger partial charge in [-0.2, -0.15) is 13.2 Å². The van der Waals surface area contributed by atoms with Crippen molar-refractivity contribution in [2.75, 3.05) is 4.72 Å². The van der Waals surface area contributed by atoms with Gasteiger partial charge in [0.15, 0.2) is 0 Å². The number of halogens is 4. The number of aryl methyl sites for hydroxylation is 1. The fourth-order valence-corrected chi connectivity index (χ4v) is 3.18. The van der Waals surface area contributed by atoms with E-state index in [1.807, 2.05) is 0 Å². The molecule has 0 aliphatic rings. The Labute approximate surface area is 142 Å². The summed E-state index contributed by atoms with van der Waals surface area (Å²) >= 11 is 5.79. The Balaban J connectivity index is 2.47. The van der Waals surface area contributed by atoms with E-state index < -0.39 is 21.8 Å². The van der Waals surface area contributed by atoms with Crippen molar-refractivity contribution in [1.82, 2.24) is 0 Å². The first-order valence-corrected chi connectivity index (χ1v) is 8.52. The van der Waals surface area contributed by atoms with Crippen LogP contribution in [0, 0.1) is 6.92 Å². The van der Waals surface area contributed by atoms with E-state index in [4.69, 9.17) is 11.6 Å². The summed E-state index contributed by atoms with van der Waals surface area (Å²) in [6.07, 6.45) is -4.70. The van der Waals surface area contributed by atoms with Crippen LogP contribution in [0.4, 0.5) is 18.9 Å². The van der Waals surface area contributed by atoms with E-state index in [1.54, 1.807) is 19.1 Å². The molecule has 2 rings (SSSR count). The Hall–Kier alpha value is -1.99. The Bertz CT molecular complexity index is 875. The molecule has 3 nitrogen and oxygen atoms in total. The first-order valence-electron chi connectivity index (χ1n) is 6.66. The van der Waals surface area contributed by atoms with Crippen molar-refractivity contribution in [3.63, 3.8) is 0 Å². The standard InChI is InChI=1S/C16H13ClF3NO2S/c1-10-3-6-13(7-4-10)24(22,23)21-15-9-12(17)5-8-14(15)11(2)16(18,19)20/h3-9,21H,2H2,1H3. The smallest absolute Gasteiger partial charge is 0.279 e. The van der Waals surface area contributed by atoms with Gasteiger partial charge >= 0.3 is 6.18 Å². The molecule has 0 saturated carbocycles. The summed E-state index contributed by atoms with van der Waals surface area (Å²) in [6.45, 7) is 4.78. The number of anilines is 1. The summed E-state index contributed by atoms with van der Waals surface area (Å²) in [7, 11) is -4.07. The summed E-state index contributed by atoms with van der Waals surface area (Å²) in [5.41, 5.74) is -0.989. The maximum atomic E-state index is 12.9. The number of benzene rings is 2. The normalized spacial score (nSPS) is 12.0. The number of hydrogen-bond acceptors (Lipinski definition) is 2. The molecule has 0 bridgehead atoms. The molecular weight excluding hydrogens is 363 g/mol. The average molecular weight is 376 g/mol. The molecule has 8 heteroatoms. The SMILES string of the molecule is C=C(c1ccc(Cl)cc1NS(=O)(=O)c1ccc(C)cc1)C(F)(F)F. The fraction of sp³-hybridized carbons (Fsp3) is 0.125. The zero-order chi connectivity index (χ0) is 18.1. The second kappa shape index (κ2) is 6.49. The average Bonchev–Trinajstić information content (AvgIpc) is 2.46. The van der Waals surface area contributed by atoms with Crippen LogP contribution in [0.3, 0.4) is 0 Å². The van der Waals surface area contributed by atoms with Crippen LogP contribution in [-0.2, 0) is 10.0 Å². The molecule has 0 spiro atoms. The van der Waals surface area contributed by atoms with Crippen molar-refractivity contribution in [3.05, 3.63) is 65.2 Å². The van der Waals surface area contributed by atoms with Crippen molar-refractivity contribution in [1.29, 1.82) is 0 Å². The molecule has 0 aliphatic carbocycles. The molecule has 0 unspecified atom stereocenters. The van der Waals surface area contributed by atoms with Crippen LogP contribution in [0.25, 0.3) is 5.57 Å². The van der Waals surface area contributed by atoms with Crippen molar-refractivity contribution >= 4 is 32.9 Å². The third-order valence-electron chi connectivity index (χ3n) is 3.22. The van der Waals surface area contributed by atoms with Gasteiger partial charge in [-0.25, -0.2) is 8.42 Å². The van der Waals surface area contributed by atoms with Crippen LogP contribution < -0.4 is 4.72 Å². The van der Waals surface area contributed by atoms with E-state index in [2.05, 4.69) is 11.3 Å². The van der Waals surface area contributed by atoms with Gasteiger partial charge in [-0.05, 0) is 31.2 Å². The van der Waals surface area contributed by atoms with Gasteiger partial charge in [0.2, 0.25) is 0 Å². The summed E-state index contributed by atoms with van der Waals surface area (Å²) in [4.78, 5) is -0.0725. The van der Waals surface area contributed by atoms with Gasteiger partial charge in [0, 0.05) is 10.6 Å². The van der Waals surface area contributed by atoms with E-state index in [1.165, 1.54) is 18.2 Å². The molecule has 24 heavy (non-hydrogen) atoms. The predicted molar refractivity (Wildman–Crippen MR) is 88.5 cm³/mol. The molecule has 0 aromatic heterocycles. The summed E-state index contributed by atoms with van der Waals surface area (Å²) in [6, 6.07) is 9.31. The number of alkyl halides is 3. The van der Waals surface area contributed by atoms with E-state index in [0.29, 0.717) is 0 Å². The third kappa shape index (κ3) is 4.10. The van der Waals surface area contributed by atoms with Crippen molar-refractivity contribution in [3.8, 4) is 0 Å². The van der Waals surface area contributed by atoms with Crippen molar-refractivity contribution < 1.29 is 21.6 Å². The maximum Gasteiger partial charge on any atom is 0.416 e. The molecule has 128 valence electrons.